The molecule has 0 amide bonds. The first-order valence-electron chi connectivity index (χ1n) is 3.73. The fourth-order valence-electron chi connectivity index (χ4n) is 1.26. The van der Waals surface area contributed by atoms with Gasteiger partial charge in [-0.15, -0.1) is 0 Å². The standard InChI is InChI=1S/C8H11O.Sn.H/c1-2-7-9-8-5-3-4-6-8;;/h8H,3-7H2;;. The molecule has 1 saturated carbocycles. The molecule has 0 bridgehead atoms. The molecule has 0 spiro atoms. The summed E-state index contributed by atoms with van der Waals surface area (Å²) in [6.45, 7) is 0.659. The summed E-state index contributed by atoms with van der Waals surface area (Å²) in [7, 11) is 0. The summed E-state index contributed by atoms with van der Waals surface area (Å²) in [5.74, 6) is 2.96. The molecule has 0 aromatic rings. The predicted molar refractivity (Wildman–Crippen MR) is 43.1 cm³/mol. The van der Waals surface area contributed by atoms with Crippen LogP contribution in [0.2, 0.25) is 0 Å². The van der Waals surface area contributed by atoms with Crippen molar-refractivity contribution in [3.63, 3.8) is 0 Å². The Morgan fingerprint density at radius 3 is 2.70 bits per heavy atom. The van der Waals surface area contributed by atoms with Crippen LogP contribution in [0.1, 0.15) is 25.7 Å². The van der Waals surface area contributed by atoms with E-state index in [0.29, 0.717) is 12.7 Å². The Balaban J connectivity index is 2.05. The molecule has 2 heteroatoms. The van der Waals surface area contributed by atoms with Crippen molar-refractivity contribution < 1.29 is 4.74 Å². The zero-order valence-corrected chi connectivity index (χ0v) is 9.39. The van der Waals surface area contributed by atoms with E-state index in [4.69, 9.17) is 4.74 Å². The first-order valence-corrected chi connectivity index (χ1v) is 5.38. The van der Waals surface area contributed by atoms with Gasteiger partial charge in [-0.3, -0.25) is 0 Å². The molecule has 0 aromatic carbocycles. The van der Waals surface area contributed by atoms with E-state index in [1.165, 1.54) is 25.7 Å². The fourth-order valence-corrected chi connectivity index (χ4v) is 1.49. The molecule has 1 aliphatic rings. The molecule has 1 rings (SSSR count). The summed E-state index contributed by atoms with van der Waals surface area (Å²) in [6, 6.07) is 0. The van der Waals surface area contributed by atoms with Gasteiger partial charge in [-0.25, -0.2) is 0 Å². The van der Waals surface area contributed by atoms with Gasteiger partial charge in [-0.05, 0) is 0 Å². The molecular weight excluding hydrogens is 231 g/mol. The predicted octanol–water partition coefficient (Wildman–Crippen LogP) is 0.807. The van der Waals surface area contributed by atoms with Gasteiger partial charge in [-0.2, -0.15) is 0 Å². The first kappa shape index (κ1) is 8.42. The number of hydrogen-bond donors (Lipinski definition) is 0. The second-order valence-electron chi connectivity index (χ2n) is 2.54. The van der Waals surface area contributed by atoms with Gasteiger partial charge in [0.15, 0.2) is 0 Å². The Hall–Kier alpha value is 0.319. The average molecular weight is 243 g/mol. The molecule has 0 aromatic heterocycles. The SMILES string of the molecule is [SnH][C]#CCOC1CCCC1. The van der Waals surface area contributed by atoms with E-state index >= 15 is 0 Å². The van der Waals surface area contributed by atoms with E-state index in [1.54, 1.807) is 0 Å². The van der Waals surface area contributed by atoms with E-state index in [1.807, 2.05) is 0 Å². The molecule has 0 aliphatic heterocycles. The van der Waals surface area contributed by atoms with Crippen molar-refractivity contribution in [1.29, 1.82) is 0 Å². The molecule has 0 saturated heterocycles. The van der Waals surface area contributed by atoms with Crippen LogP contribution in [-0.2, 0) is 4.74 Å². The van der Waals surface area contributed by atoms with Crippen molar-refractivity contribution in [2.75, 3.05) is 6.61 Å². The van der Waals surface area contributed by atoms with Gasteiger partial charge in [0.2, 0.25) is 0 Å². The Bertz CT molecular complexity index is 139. The zero-order chi connectivity index (χ0) is 7.23. The van der Waals surface area contributed by atoms with Crippen molar-refractivity contribution in [1.82, 2.24) is 0 Å². The third kappa shape index (κ3) is 2.94. The summed E-state index contributed by atoms with van der Waals surface area (Å²) in [4.78, 5) is 0. The molecule has 2 radical (unpaired) electrons. The van der Waals surface area contributed by atoms with Crippen LogP contribution >= 0.6 is 0 Å². The van der Waals surface area contributed by atoms with Crippen LogP contribution in [0.25, 0.3) is 0 Å². The molecule has 0 atom stereocenters. The molecule has 10 heavy (non-hydrogen) atoms. The van der Waals surface area contributed by atoms with Gasteiger partial charge in [0, 0.05) is 0 Å². The second-order valence-corrected chi connectivity index (χ2v) is 3.36. The molecule has 1 aliphatic carbocycles. The molecule has 0 unspecified atom stereocenters. The van der Waals surface area contributed by atoms with E-state index in [9.17, 15) is 0 Å². The van der Waals surface area contributed by atoms with Gasteiger partial charge < -0.3 is 0 Å². The van der Waals surface area contributed by atoms with Crippen LogP contribution < -0.4 is 0 Å². The van der Waals surface area contributed by atoms with Gasteiger partial charge in [0.1, 0.15) is 0 Å². The van der Waals surface area contributed by atoms with Crippen molar-refractivity contribution in [3.05, 3.63) is 0 Å². The van der Waals surface area contributed by atoms with Gasteiger partial charge in [-0.1, -0.05) is 0 Å². The van der Waals surface area contributed by atoms with Crippen LogP contribution in [-0.4, -0.2) is 35.2 Å². The normalized spacial score (nSPS) is 18.5. The van der Waals surface area contributed by atoms with Gasteiger partial charge in [0.25, 0.3) is 0 Å². The van der Waals surface area contributed by atoms with Crippen LogP contribution in [0.15, 0.2) is 0 Å². The third-order valence-corrected chi connectivity index (χ3v) is 2.38. The molecule has 54 valence electrons. The van der Waals surface area contributed by atoms with Crippen molar-refractivity contribution in [2.24, 2.45) is 0 Å². The molecule has 1 fully saturated rings. The van der Waals surface area contributed by atoms with Gasteiger partial charge >= 0.3 is 75.5 Å². The van der Waals surface area contributed by atoms with Crippen LogP contribution in [0.4, 0.5) is 0 Å². The zero-order valence-electron chi connectivity index (χ0n) is 6.10. The molecule has 0 N–H and O–H groups in total. The van der Waals surface area contributed by atoms with Gasteiger partial charge in [0.05, 0.1) is 0 Å². The summed E-state index contributed by atoms with van der Waals surface area (Å²) >= 11 is 1.03. The second kappa shape index (κ2) is 5.03. The summed E-state index contributed by atoms with van der Waals surface area (Å²) in [5, 5.41) is 0. The molecule has 0 heterocycles. The van der Waals surface area contributed by atoms with Crippen LogP contribution in [0, 0.1) is 9.86 Å². The van der Waals surface area contributed by atoms with Crippen LogP contribution in [0.5, 0.6) is 0 Å². The average Bonchev–Trinajstić information content (AvgIpc) is 2.41. The van der Waals surface area contributed by atoms with Crippen LogP contribution in [0.3, 0.4) is 0 Å². The monoisotopic (exact) mass is 244 g/mol. The van der Waals surface area contributed by atoms with E-state index in [2.05, 4.69) is 9.86 Å². The number of rotatable bonds is 2. The summed E-state index contributed by atoms with van der Waals surface area (Å²) in [6.07, 6.45) is 5.72. The minimum absolute atomic E-state index is 0.529. The number of hydrogen-bond acceptors (Lipinski definition) is 1. The van der Waals surface area contributed by atoms with E-state index in [-0.39, 0.29) is 0 Å². The first-order chi connectivity index (χ1) is 4.93. The van der Waals surface area contributed by atoms with Crippen molar-refractivity contribution in [3.8, 4) is 9.86 Å². The summed E-state index contributed by atoms with van der Waals surface area (Å²) < 4.78 is 8.44. The number of ether oxygens (including phenoxy) is 1. The topological polar surface area (TPSA) is 9.23 Å². The Kier molecular flexibility index (Phi) is 4.24. The Morgan fingerprint density at radius 2 is 2.10 bits per heavy atom. The quantitative estimate of drug-likeness (QED) is 0.515. The van der Waals surface area contributed by atoms with E-state index < -0.39 is 0 Å². The fraction of sp³-hybridized carbons (Fsp3) is 0.750. The van der Waals surface area contributed by atoms with E-state index in [0.717, 1.165) is 22.5 Å². The third-order valence-electron chi connectivity index (χ3n) is 1.80. The Morgan fingerprint density at radius 1 is 1.40 bits per heavy atom. The Labute approximate surface area is 75.6 Å². The summed E-state index contributed by atoms with van der Waals surface area (Å²) in [5.41, 5.74) is 0. The maximum atomic E-state index is 5.49. The molecular formula is C8H12OSn. The molecule has 1 nitrogen and oxygen atoms in total. The minimum atomic E-state index is 0.529. The van der Waals surface area contributed by atoms with Crippen molar-refractivity contribution in [2.45, 2.75) is 31.8 Å². The maximum absolute atomic E-state index is 5.49. The van der Waals surface area contributed by atoms with Crippen molar-refractivity contribution >= 4 is 22.5 Å².